The second-order valence-corrected chi connectivity index (χ2v) is 8.65. The van der Waals surface area contributed by atoms with Crippen LogP contribution in [0.5, 0.6) is 0 Å². The molecule has 2 aromatic heterocycles. The number of carbonyl (C=O) groups excluding carboxylic acids is 1. The monoisotopic (exact) mass is 410 g/mol. The summed E-state index contributed by atoms with van der Waals surface area (Å²) in [5.41, 5.74) is 2.95. The van der Waals surface area contributed by atoms with Gasteiger partial charge >= 0.3 is 0 Å². The van der Waals surface area contributed by atoms with E-state index < -0.39 is 0 Å². The van der Waals surface area contributed by atoms with Crippen molar-refractivity contribution in [2.45, 2.75) is 37.1 Å². The number of furan rings is 1. The Labute approximate surface area is 173 Å². The number of benzene rings is 1. The summed E-state index contributed by atoms with van der Waals surface area (Å²) in [6.45, 7) is 0.385. The first-order chi connectivity index (χ1) is 13.7. The maximum atomic E-state index is 13.0. The highest BCUT2D eigenvalue weighted by Gasteiger charge is 2.25. The van der Waals surface area contributed by atoms with Crippen LogP contribution in [0.25, 0.3) is 0 Å². The number of carbonyl (C=O) groups is 1. The van der Waals surface area contributed by atoms with Gasteiger partial charge in [0.2, 0.25) is 0 Å². The summed E-state index contributed by atoms with van der Waals surface area (Å²) < 4.78 is 5.32. The number of nitrogens with zero attached hydrogens (tertiary/aromatic N) is 1. The molecule has 0 saturated heterocycles. The van der Waals surface area contributed by atoms with Gasteiger partial charge in [0, 0.05) is 16.0 Å². The Morgan fingerprint density at radius 1 is 1.25 bits per heavy atom. The van der Waals surface area contributed by atoms with Gasteiger partial charge in [0.1, 0.15) is 10.8 Å². The number of thioether (sulfide) groups is 1. The number of amides is 1. The lowest BCUT2D eigenvalue weighted by Crippen LogP contribution is -2.23. The van der Waals surface area contributed by atoms with Gasteiger partial charge in [0.05, 0.1) is 18.4 Å². The normalized spacial score (nSPS) is 13.6. The molecular formula is C22H22N2O2S2. The van der Waals surface area contributed by atoms with E-state index in [0.717, 1.165) is 41.2 Å². The Balaban J connectivity index is 1.59. The van der Waals surface area contributed by atoms with Crippen molar-refractivity contribution in [3.63, 3.8) is 0 Å². The smallest absolute Gasteiger partial charge is 0.255 e. The summed E-state index contributed by atoms with van der Waals surface area (Å²) in [4.78, 5) is 20.2. The number of rotatable bonds is 6. The summed E-state index contributed by atoms with van der Waals surface area (Å²) in [6.07, 6.45) is 9.83. The lowest BCUT2D eigenvalue weighted by atomic mass is 9.95. The van der Waals surface area contributed by atoms with E-state index in [2.05, 4.69) is 35.8 Å². The molecule has 0 saturated carbocycles. The third-order valence-electron chi connectivity index (χ3n) is 4.83. The van der Waals surface area contributed by atoms with Crippen LogP contribution in [0, 0.1) is 0 Å². The molecule has 4 nitrogen and oxygen atoms in total. The topological polar surface area (TPSA) is 54.6 Å². The Bertz CT molecular complexity index is 973. The number of thiophene rings is 1. The second kappa shape index (κ2) is 8.80. The van der Waals surface area contributed by atoms with Gasteiger partial charge in [0.15, 0.2) is 0 Å². The molecule has 4 rings (SSSR count). The molecule has 3 aromatic rings. The van der Waals surface area contributed by atoms with Gasteiger partial charge in [-0.15, -0.1) is 23.1 Å². The van der Waals surface area contributed by atoms with Gasteiger partial charge in [-0.05, 0) is 67.3 Å². The number of nitrogens with one attached hydrogen (secondary N) is 1. The maximum absolute atomic E-state index is 13.0. The molecule has 6 heteroatoms. The Morgan fingerprint density at radius 2 is 2.07 bits per heavy atom. The van der Waals surface area contributed by atoms with E-state index in [9.17, 15) is 4.79 Å². The maximum Gasteiger partial charge on any atom is 0.255 e. The van der Waals surface area contributed by atoms with Crippen LogP contribution in [-0.4, -0.2) is 18.4 Å². The van der Waals surface area contributed by atoms with Crippen molar-refractivity contribution in [1.29, 1.82) is 0 Å². The van der Waals surface area contributed by atoms with Crippen molar-refractivity contribution in [2.24, 2.45) is 4.99 Å². The van der Waals surface area contributed by atoms with Crippen molar-refractivity contribution < 1.29 is 9.21 Å². The molecule has 0 unspecified atom stereocenters. The van der Waals surface area contributed by atoms with Crippen LogP contribution in [0.4, 0.5) is 5.00 Å². The van der Waals surface area contributed by atoms with Gasteiger partial charge in [-0.25, -0.2) is 4.99 Å². The SMILES string of the molecule is CSc1ccc(C=Nc2sc3c(c2C(=O)NCc2ccco2)CCCC3)cc1. The fourth-order valence-corrected chi connectivity index (χ4v) is 5.01. The minimum Gasteiger partial charge on any atom is -0.467 e. The van der Waals surface area contributed by atoms with Crippen LogP contribution in [0.2, 0.25) is 0 Å². The summed E-state index contributed by atoms with van der Waals surface area (Å²) in [5.74, 6) is 0.678. The zero-order valence-electron chi connectivity index (χ0n) is 15.7. The summed E-state index contributed by atoms with van der Waals surface area (Å²) in [5, 5.41) is 3.79. The van der Waals surface area contributed by atoms with E-state index in [1.54, 1.807) is 29.4 Å². The first-order valence-electron chi connectivity index (χ1n) is 9.38. The van der Waals surface area contributed by atoms with E-state index in [1.807, 2.05) is 18.3 Å². The minimum atomic E-state index is -0.0688. The fourth-order valence-electron chi connectivity index (χ4n) is 3.37. The number of fused-ring (bicyclic) bond motifs is 1. The molecule has 0 aliphatic heterocycles. The molecule has 0 bridgehead atoms. The predicted molar refractivity (Wildman–Crippen MR) is 116 cm³/mol. The van der Waals surface area contributed by atoms with Gasteiger partial charge in [-0.1, -0.05) is 12.1 Å². The first-order valence-corrected chi connectivity index (χ1v) is 11.4. The van der Waals surface area contributed by atoms with Gasteiger partial charge in [0.25, 0.3) is 5.91 Å². The highest BCUT2D eigenvalue weighted by molar-refractivity contribution is 7.98. The van der Waals surface area contributed by atoms with Crippen LogP contribution in [-0.2, 0) is 19.4 Å². The van der Waals surface area contributed by atoms with Crippen LogP contribution in [0.1, 0.15) is 45.0 Å². The zero-order chi connectivity index (χ0) is 19.3. The van der Waals surface area contributed by atoms with E-state index in [4.69, 9.17) is 9.41 Å². The quantitative estimate of drug-likeness (QED) is 0.424. The molecule has 1 N–H and O–H groups in total. The first kappa shape index (κ1) is 19.0. The molecule has 0 atom stereocenters. The molecule has 1 amide bonds. The van der Waals surface area contributed by atoms with Gasteiger partial charge in [-0.3, -0.25) is 4.79 Å². The van der Waals surface area contributed by atoms with E-state index in [0.29, 0.717) is 6.54 Å². The lowest BCUT2D eigenvalue weighted by Gasteiger charge is -2.12. The lowest BCUT2D eigenvalue weighted by molar-refractivity contribution is 0.0948. The largest absolute Gasteiger partial charge is 0.467 e. The Kier molecular flexibility index (Phi) is 5.98. The minimum absolute atomic E-state index is 0.0688. The number of hydrogen-bond donors (Lipinski definition) is 1. The second-order valence-electron chi connectivity index (χ2n) is 6.68. The highest BCUT2D eigenvalue weighted by atomic mass is 32.2. The average molecular weight is 411 g/mol. The molecule has 1 aromatic carbocycles. The standard InChI is InChI=1S/C22H22N2O2S2/c1-27-17-10-8-15(9-11-17)13-24-22-20(18-6-2-3-7-19(18)28-22)21(25)23-14-16-5-4-12-26-16/h4-5,8-13H,2-3,6-7,14H2,1H3,(H,23,25). The summed E-state index contributed by atoms with van der Waals surface area (Å²) >= 11 is 3.37. The molecule has 1 aliphatic carbocycles. The zero-order valence-corrected chi connectivity index (χ0v) is 17.4. The molecule has 0 fully saturated rings. The van der Waals surface area contributed by atoms with Gasteiger partial charge in [-0.2, -0.15) is 0 Å². The molecule has 0 radical (unpaired) electrons. The van der Waals surface area contributed by atoms with Crippen molar-refractivity contribution in [2.75, 3.05) is 6.26 Å². The van der Waals surface area contributed by atoms with Gasteiger partial charge < -0.3 is 9.73 Å². The fraction of sp³-hybridized carbons (Fsp3) is 0.273. The van der Waals surface area contributed by atoms with Crippen molar-refractivity contribution in [3.8, 4) is 0 Å². The van der Waals surface area contributed by atoms with E-state index in [-0.39, 0.29) is 5.91 Å². The average Bonchev–Trinajstić information content (AvgIpc) is 3.38. The highest BCUT2D eigenvalue weighted by Crippen LogP contribution is 2.39. The molecule has 144 valence electrons. The van der Waals surface area contributed by atoms with Crippen LogP contribution >= 0.6 is 23.1 Å². The molecule has 0 spiro atoms. The van der Waals surface area contributed by atoms with E-state index in [1.165, 1.54) is 21.8 Å². The van der Waals surface area contributed by atoms with Crippen molar-refractivity contribution >= 4 is 40.2 Å². The summed E-state index contributed by atoms with van der Waals surface area (Å²) in [6, 6.07) is 12.0. The van der Waals surface area contributed by atoms with Crippen LogP contribution in [0.3, 0.4) is 0 Å². The molecule has 2 heterocycles. The van der Waals surface area contributed by atoms with Crippen molar-refractivity contribution in [1.82, 2.24) is 5.32 Å². The van der Waals surface area contributed by atoms with Crippen LogP contribution in [0.15, 0.2) is 57.0 Å². The Hall–Kier alpha value is -2.31. The van der Waals surface area contributed by atoms with E-state index >= 15 is 0 Å². The molecule has 28 heavy (non-hydrogen) atoms. The molecule has 1 aliphatic rings. The van der Waals surface area contributed by atoms with Crippen LogP contribution < -0.4 is 5.32 Å². The third kappa shape index (κ3) is 4.23. The third-order valence-corrected chi connectivity index (χ3v) is 6.77. The number of hydrogen-bond acceptors (Lipinski definition) is 5. The number of aliphatic imine (C=N–C) groups is 1. The predicted octanol–water partition coefficient (Wildman–Crippen LogP) is 5.62. The Morgan fingerprint density at radius 3 is 2.82 bits per heavy atom. The van der Waals surface area contributed by atoms with Crippen molar-refractivity contribution in [3.05, 3.63) is 70.0 Å². The molecular weight excluding hydrogens is 388 g/mol. The number of aryl methyl sites for hydroxylation is 1. The summed E-state index contributed by atoms with van der Waals surface area (Å²) in [7, 11) is 0.